The molecule has 1 saturated heterocycles. The number of piperidine rings is 1. The molecule has 3 N–H and O–H groups in total. The van der Waals surface area contributed by atoms with Crippen molar-refractivity contribution in [3.8, 4) is 6.07 Å². The molecule has 1 aliphatic carbocycles. The Labute approximate surface area is 214 Å². The van der Waals surface area contributed by atoms with Crippen molar-refractivity contribution in [1.82, 2.24) is 20.9 Å². The molecule has 2 heterocycles. The predicted octanol–water partition coefficient (Wildman–Crippen LogP) is 1.94. The second-order valence-corrected chi connectivity index (χ2v) is 10.5. The van der Waals surface area contributed by atoms with Gasteiger partial charge in [0.15, 0.2) is 0 Å². The van der Waals surface area contributed by atoms with E-state index in [-0.39, 0.29) is 49.0 Å². The van der Waals surface area contributed by atoms with Crippen molar-refractivity contribution in [1.29, 1.82) is 5.26 Å². The number of carbonyl (C=O) groups excluding carboxylic acids is 4. The van der Waals surface area contributed by atoms with Crippen LogP contribution in [0.3, 0.4) is 0 Å². The molecule has 3 aliphatic rings. The molecule has 4 amide bonds. The van der Waals surface area contributed by atoms with E-state index in [1.807, 2.05) is 37.4 Å². The van der Waals surface area contributed by atoms with Crippen LogP contribution >= 0.6 is 0 Å². The number of fused-ring (bicyclic) bond motifs is 3. The molecule has 37 heavy (non-hydrogen) atoms. The van der Waals surface area contributed by atoms with E-state index in [0.29, 0.717) is 32.2 Å². The molecule has 1 saturated carbocycles. The van der Waals surface area contributed by atoms with Crippen LogP contribution in [0, 0.1) is 28.6 Å². The number of hydrogen-bond acceptors (Lipinski definition) is 5. The van der Waals surface area contributed by atoms with Gasteiger partial charge in [0.1, 0.15) is 18.1 Å². The lowest BCUT2D eigenvalue weighted by atomic mass is 9.98. The van der Waals surface area contributed by atoms with Gasteiger partial charge >= 0.3 is 12.1 Å². The summed E-state index contributed by atoms with van der Waals surface area (Å²) < 4.78 is 39.0. The van der Waals surface area contributed by atoms with Gasteiger partial charge in [-0.15, -0.1) is 0 Å². The number of hydrogen-bond donors (Lipinski definition) is 3. The fraction of sp³-hybridized carbons (Fsp3) is 0.720. The van der Waals surface area contributed by atoms with E-state index in [2.05, 4.69) is 10.6 Å². The highest BCUT2D eigenvalue weighted by atomic mass is 19.4. The van der Waals surface area contributed by atoms with Crippen LogP contribution in [-0.4, -0.2) is 65.9 Å². The lowest BCUT2D eigenvalue weighted by molar-refractivity contribution is -0.175. The Bertz CT molecular complexity index is 974. The van der Waals surface area contributed by atoms with Crippen molar-refractivity contribution >= 4 is 23.6 Å². The minimum Gasteiger partial charge on any atom is -0.356 e. The minimum atomic E-state index is -5.15. The first-order valence-electron chi connectivity index (χ1n) is 12.7. The zero-order valence-corrected chi connectivity index (χ0v) is 21.1. The monoisotopic (exact) mass is 525 g/mol. The van der Waals surface area contributed by atoms with E-state index in [0.717, 1.165) is 0 Å². The number of carbonyl (C=O) groups is 4. The van der Waals surface area contributed by atoms with E-state index in [4.69, 9.17) is 0 Å². The molecule has 2 fully saturated rings. The molecule has 0 unspecified atom stereocenters. The first-order valence-corrected chi connectivity index (χ1v) is 12.7. The molecule has 0 aromatic heterocycles. The summed E-state index contributed by atoms with van der Waals surface area (Å²) in [4.78, 5) is 51.9. The first kappa shape index (κ1) is 28.5. The van der Waals surface area contributed by atoms with Crippen molar-refractivity contribution in [2.24, 2.45) is 17.3 Å². The van der Waals surface area contributed by atoms with Gasteiger partial charge in [-0.05, 0) is 55.8 Å². The lowest BCUT2D eigenvalue weighted by Gasteiger charge is -2.33. The van der Waals surface area contributed by atoms with Crippen molar-refractivity contribution < 1.29 is 32.3 Å². The molecule has 204 valence electrons. The van der Waals surface area contributed by atoms with Crippen LogP contribution in [0.25, 0.3) is 0 Å². The summed E-state index contributed by atoms with van der Waals surface area (Å²) in [6, 6.07) is -1.42. The molecule has 0 aromatic rings. The molecule has 0 spiro atoms. The fourth-order valence-electron chi connectivity index (χ4n) is 5.42. The number of halogens is 3. The third-order valence-electron chi connectivity index (χ3n) is 7.65. The minimum absolute atomic E-state index is 0.0224. The van der Waals surface area contributed by atoms with Crippen molar-refractivity contribution in [2.45, 2.75) is 83.1 Å². The Balaban J connectivity index is 1.85. The van der Waals surface area contributed by atoms with Gasteiger partial charge in [0, 0.05) is 19.5 Å². The zero-order chi connectivity index (χ0) is 27.4. The molecule has 0 aromatic carbocycles. The third kappa shape index (κ3) is 6.81. The number of nitriles is 1. The highest BCUT2D eigenvalue weighted by Crippen LogP contribution is 2.64. The smallest absolute Gasteiger partial charge is 0.356 e. The van der Waals surface area contributed by atoms with Crippen molar-refractivity contribution in [3.05, 3.63) is 12.2 Å². The summed E-state index contributed by atoms with van der Waals surface area (Å²) in [7, 11) is 0. The summed E-state index contributed by atoms with van der Waals surface area (Å²) in [5.41, 5.74) is -0.258. The quantitative estimate of drug-likeness (QED) is 0.451. The predicted molar refractivity (Wildman–Crippen MR) is 126 cm³/mol. The number of amides is 4. The van der Waals surface area contributed by atoms with E-state index in [1.165, 1.54) is 4.90 Å². The number of allylic oxidation sites excluding steroid dienone is 2. The zero-order valence-electron chi connectivity index (χ0n) is 21.1. The van der Waals surface area contributed by atoms with E-state index in [1.54, 1.807) is 0 Å². The second kappa shape index (κ2) is 11.5. The summed E-state index contributed by atoms with van der Waals surface area (Å²) in [6.45, 7) is 4.52. The standard InChI is InChI=1S/C25H34F3N5O4/c1-24(2)16-14-33-20(19(16)24)21(35)31-15(13-29)10-11-18(34)30-12-8-6-4-3-5-7-9-17(22(33)36)32-23(37)25(26,27)28/h3-4,15-17,19-20H,5-12,14H2,1-2H3,(H,30,34)(H,31,35)(H,32,37)/b4-3+/t15-,16-,17-,19-,20-/m0/s1. The Kier molecular flexibility index (Phi) is 8.87. The highest BCUT2D eigenvalue weighted by molar-refractivity contribution is 5.94. The van der Waals surface area contributed by atoms with Crippen LogP contribution in [-0.2, 0) is 19.2 Å². The maximum Gasteiger partial charge on any atom is 0.471 e. The Morgan fingerprint density at radius 2 is 1.84 bits per heavy atom. The Morgan fingerprint density at radius 1 is 1.16 bits per heavy atom. The van der Waals surface area contributed by atoms with Gasteiger partial charge in [-0.25, -0.2) is 0 Å². The maximum absolute atomic E-state index is 13.5. The summed E-state index contributed by atoms with van der Waals surface area (Å²) in [6.07, 6.45) is 0.882. The molecule has 0 radical (unpaired) electrons. The van der Waals surface area contributed by atoms with Crippen molar-refractivity contribution in [2.75, 3.05) is 13.1 Å². The van der Waals surface area contributed by atoms with Crippen LogP contribution in [0.1, 0.15) is 58.8 Å². The van der Waals surface area contributed by atoms with Gasteiger partial charge in [0.2, 0.25) is 17.7 Å². The molecule has 3 rings (SSSR count). The van der Waals surface area contributed by atoms with Gasteiger partial charge in [-0.3, -0.25) is 19.2 Å². The molecule has 0 bridgehead atoms. The third-order valence-corrected chi connectivity index (χ3v) is 7.65. The molecule has 2 aliphatic heterocycles. The average Bonchev–Trinajstić information content (AvgIpc) is 3.16. The number of rotatable bonds is 1. The number of nitrogens with zero attached hydrogens (tertiary/aromatic N) is 2. The van der Waals surface area contributed by atoms with Gasteiger partial charge in [0.25, 0.3) is 0 Å². The van der Waals surface area contributed by atoms with Crippen LogP contribution in [0.4, 0.5) is 13.2 Å². The van der Waals surface area contributed by atoms with Crippen LogP contribution < -0.4 is 16.0 Å². The summed E-state index contributed by atoms with van der Waals surface area (Å²) in [5, 5.41) is 16.8. The Morgan fingerprint density at radius 3 is 2.49 bits per heavy atom. The van der Waals surface area contributed by atoms with Crippen LogP contribution in [0.2, 0.25) is 0 Å². The SMILES string of the molecule is CC1(C)[C@@H]2[C@H]3C(=O)N[C@H](C#N)CCC(=O)NCCC/C=C/CCC[C@H](NC(=O)C(F)(F)F)C(=O)N3C[C@@H]21. The Hall–Kier alpha value is -3.10. The normalized spacial score (nSPS) is 32.3. The van der Waals surface area contributed by atoms with Gasteiger partial charge in [-0.1, -0.05) is 26.0 Å². The number of alkyl halides is 3. The van der Waals surface area contributed by atoms with Crippen LogP contribution in [0.5, 0.6) is 0 Å². The maximum atomic E-state index is 13.5. The van der Waals surface area contributed by atoms with Crippen molar-refractivity contribution in [3.63, 3.8) is 0 Å². The van der Waals surface area contributed by atoms with E-state index in [9.17, 15) is 37.6 Å². The van der Waals surface area contributed by atoms with E-state index < -0.39 is 42.0 Å². The summed E-state index contributed by atoms with van der Waals surface area (Å²) >= 11 is 0. The molecular formula is C25H34F3N5O4. The van der Waals surface area contributed by atoms with Gasteiger partial charge in [-0.2, -0.15) is 18.4 Å². The topological polar surface area (TPSA) is 131 Å². The fourth-order valence-corrected chi connectivity index (χ4v) is 5.42. The lowest BCUT2D eigenvalue weighted by Crippen LogP contribution is -2.57. The first-order chi connectivity index (χ1) is 17.4. The van der Waals surface area contributed by atoms with E-state index >= 15 is 0 Å². The van der Waals surface area contributed by atoms with Gasteiger partial charge in [0.05, 0.1) is 6.07 Å². The highest BCUT2D eigenvalue weighted by Gasteiger charge is 2.69. The second-order valence-electron chi connectivity index (χ2n) is 10.5. The largest absolute Gasteiger partial charge is 0.471 e. The average molecular weight is 526 g/mol. The van der Waals surface area contributed by atoms with Gasteiger partial charge < -0.3 is 20.9 Å². The summed E-state index contributed by atoms with van der Waals surface area (Å²) in [5.74, 6) is -4.02. The van der Waals surface area contributed by atoms with Crippen LogP contribution in [0.15, 0.2) is 12.2 Å². The number of nitrogens with one attached hydrogen (secondary N) is 3. The molecular weight excluding hydrogens is 491 g/mol. The molecule has 12 heteroatoms. The molecule has 9 nitrogen and oxygen atoms in total. The molecule has 5 atom stereocenters.